The number of benzene rings is 2. The number of amides is 2. The molecule has 0 saturated heterocycles. The predicted molar refractivity (Wildman–Crippen MR) is 91.2 cm³/mol. The molecule has 2 aromatic carbocycles. The topological polar surface area (TPSA) is 76.7 Å². The van der Waals surface area contributed by atoms with Crippen molar-refractivity contribution in [1.29, 1.82) is 0 Å². The maximum absolute atomic E-state index is 12.1. The lowest BCUT2D eigenvalue weighted by Gasteiger charge is -2.12. The fourth-order valence-electron chi connectivity index (χ4n) is 2.16. The van der Waals surface area contributed by atoms with Crippen molar-refractivity contribution in [3.63, 3.8) is 0 Å². The largest absolute Gasteiger partial charge is 0.497 e. The fraction of sp³-hybridized carbons (Fsp3) is 0.222. The van der Waals surface area contributed by atoms with Crippen LogP contribution in [0.15, 0.2) is 42.5 Å². The summed E-state index contributed by atoms with van der Waals surface area (Å²) in [6, 6.07) is 12.6. The van der Waals surface area contributed by atoms with Crippen molar-refractivity contribution in [2.24, 2.45) is 0 Å². The van der Waals surface area contributed by atoms with E-state index in [4.69, 9.17) is 9.47 Å². The number of ether oxygens (including phenoxy) is 2. The molecular formula is C18H20N2O4. The fourth-order valence-corrected chi connectivity index (χ4v) is 2.16. The van der Waals surface area contributed by atoms with Crippen LogP contribution in [0.25, 0.3) is 0 Å². The highest BCUT2D eigenvalue weighted by atomic mass is 16.5. The van der Waals surface area contributed by atoms with Gasteiger partial charge >= 0.3 is 11.8 Å². The normalized spacial score (nSPS) is 9.96. The lowest BCUT2D eigenvalue weighted by molar-refractivity contribution is -0.136. The summed E-state index contributed by atoms with van der Waals surface area (Å²) in [5.41, 5.74) is 2.37. The van der Waals surface area contributed by atoms with Gasteiger partial charge in [0.25, 0.3) is 0 Å². The Morgan fingerprint density at radius 3 is 2.42 bits per heavy atom. The van der Waals surface area contributed by atoms with Gasteiger partial charge in [-0.15, -0.1) is 0 Å². The van der Waals surface area contributed by atoms with Gasteiger partial charge in [-0.25, -0.2) is 0 Å². The van der Waals surface area contributed by atoms with E-state index in [0.717, 1.165) is 11.1 Å². The first-order valence-corrected chi connectivity index (χ1v) is 7.41. The number of carbonyl (C=O) groups excluding carboxylic acids is 2. The van der Waals surface area contributed by atoms with Gasteiger partial charge in [0.1, 0.15) is 11.5 Å². The SMILES string of the molecule is COc1ccc(OC)c(NC(=O)C(=O)NCc2ccccc2C)c1. The molecule has 0 aliphatic rings. The molecule has 0 fully saturated rings. The minimum atomic E-state index is -0.768. The van der Waals surface area contributed by atoms with E-state index in [1.807, 2.05) is 31.2 Å². The molecule has 126 valence electrons. The molecule has 2 amide bonds. The van der Waals surface area contributed by atoms with Gasteiger partial charge in [0.15, 0.2) is 0 Å². The maximum atomic E-state index is 12.1. The number of hydrogen-bond acceptors (Lipinski definition) is 4. The second-order valence-corrected chi connectivity index (χ2v) is 5.13. The van der Waals surface area contributed by atoms with Crippen molar-refractivity contribution in [1.82, 2.24) is 5.32 Å². The Kier molecular flexibility index (Phi) is 5.78. The van der Waals surface area contributed by atoms with Crippen LogP contribution >= 0.6 is 0 Å². The maximum Gasteiger partial charge on any atom is 0.313 e. The van der Waals surface area contributed by atoms with E-state index in [-0.39, 0.29) is 6.54 Å². The van der Waals surface area contributed by atoms with Crippen molar-refractivity contribution in [3.05, 3.63) is 53.6 Å². The van der Waals surface area contributed by atoms with Crippen LogP contribution in [0.4, 0.5) is 5.69 Å². The Labute approximate surface area is 140 Å². The molecule has 0 saturated carbocycles. The molecule has 0 bridgehead atoms. The summed E-state index contributed by atoms with van der Waals surface area (Å²) in [5.74, 6) is -0.500. The van der Waals surface area contributed by atoms with E-state index in [2.05, 4.69) is 10.6 Å². The van der Waals surface area contributed by atoms with E-state index in [9.17, 15) is 9.59 Å². The highest BCUT2D eigenvalue weighted by molar-refractivity contribution is 6.39. The molecule has 0 radical (unpaired) electrons. The lowest BCUT2D eigenvalue weighted by Crippen LogP contribution is -2.35. The summed E-state index contributed by atoms with van der Waals surface area (Å²) in [4.78, 5) is 24.1. The quantitative estimate of drug-likeness (QED) is 0.826. The third kappa shape index (κ3) is 4.25. The Balaban J connectivity index is 2.01. The average Bonchev–Trinajstić information content (AvgIpc) is 2.60. The van der Waals surface area contributed by atoms with Gasteiger partial charge in [0, 0.05) is 12.6 Å². The van der Waals surface area contributed by atoms with Gasteiger partial charge in [-0.3, -0.25) is 9.59 Å². The van der Waals surface area contributed by atoms with E-state index < -0.39 is 11.8 Å². The molecule has 0 spiro atoms. The van der Waals surface area contributed by atoms with Crippen LogP contribution < -0.4 is 20.1 Å². The average molecular weight is 328 g/mol. The minimum absolute atomic E-state index is 0.286. The highest BCUT2D eigenvalue weighted by Gasteiger charge is 2.16. The molecule has 2 aromatic rings. The van der Waals surface area contributed by atoms with Gasteiger partial charge in [-0.1, -0.05) is 24.3 Å². The molecule has 24 heavy (non-hydrogen) atoms. The van der Waals surface area contributed by atoms with Gasteiger partial charge in [0.2, 0.25) is 0 Å². The lowest BCUT2D eigenvalue weighted by atomic mass is 10.1. The van der Waals surface area contributed by atoms with E-state index >= 15 is 0 Å². The third-order valence-corrected chi connectivity index (χ3v) is 3.56. The van der Waals surface area contributed by atoms with Gasteiger partial charge in [-0.2, -0.15) is 0 Å². The molecule has 0 unspecified atom stereocenters. The van der Waals surface area contributed by atoms with Crippen molar-refractivity contribution in [2.45, 2.75) is 13.5 Å². The Hall–Kier alpha value is -3.02. The molecular weight excluding hydrogens is 308 g/mol. The van der Waals surface area contributed by atoms with Crippen LogP contribution in [0.2, 0.25) is 0 Å². The van der Waals surface area contributed by atoms with E-state index in [0.29, 0.717) is 17.2 Å². The third-order valence-electron chi connectivity index (χ3n) is 3.56. The first-order valence-electron chi connectivity index (χ1n) is 7.41. The van der Waals surface area contributed by atoms with Crippen LogP contribution in [0, 0.1) is 6.92 Å². The zero-order chi connectivity index (χ0) is 17.5. The Bertz CT molecular complexity index is 744. The van der Waals surface area contributed by atoms with Crippen molar-refractivity contribution >= 4 is 17.5 Å². The molecule has 0 aliphatic carbocycles. The summed E-state index contributed by atoms with van der Waals surface area (Å²) < 4.78 is 10.3. The number of anilines is 1. The zero-order valence-corrected chi connectivity index (χ0v) is 13.9. The Morgan fingerprint density at radius 2 is 1.75 bits per heavy atom. The van der Waals surface area contributed by atoms with Crippen molar-refractivity contribution in [2.75, 3.05) is 19.5 Å². The number of carbonyl (C=O) groups is 2. The number of aryl methyl sites for hydroxylation is 1. The van der Waals surface area contributed by atoms with Crippen LogP contribution in [0.1, 0.15) is 11.1 Å². The van der Waals surface area contributed by atoms with Crippen LogP contribution in [-0.2, 0) is 16.1 Å². The molecule has 0 heterocycles. The summed E-state index contributed by atoms with van der Waals surface area (Å²) in [5, 5.41) is 5.13. The number of rotatable bonds is 5. The Morgan fingerprint density at radius 1 is 1.00 bits per heavy atom. The van der Waals surface area contributed by atoms with Crippen molar-refractivity contribution < 1.29 is 19.1 Å². The first-order chi connectivity index (χ1) is 11.5. The second kappa shape index (κ2) is 8.01. The molecule has 2 rings (SSSR count). The van der Waals surface area contributed by atoms with E-state index in [1.165, 1.54) is 14.2 Å². The number of hydrogen-bond donors (Lipinski definition) is 2. The van der Waals surface area contributed by atoms with E-state index in [1.54, 1.807) is 18.2 Å². The molecule has 0 atom stereocenters. The van der Waals surface area contributed by atoms with Gasteiger partial charge < -0.3 is 20.1 Å². The second-order valence-electron chi connectivity index (χ2n) is 5.13. The monoisotopic (exact) mass is 328 g/mol. The highest BCUT2D eigenvalue weighted by Crippen LogP contribution is 2.28. The predicted octanol–water partition coefficient (Wildman–Crippen LogP) is 2.27. The van der Waals surface area contributed by atoms with Gasteiger partial charge in [-0.05, 0) is 30.2 Å². The standard InChI is InChI=1S/C18H20N2O4/c1-12-6-4-5-7-13(12)11-19-17(21)18(22)20-15-10-14(23-2)8-9-16(15)24-3/h4-10H,11H2,1-3H3,(H,19,21)(H,20,22). The van der Waals surface area contributed by atoms with Crippen molar-refractivity contribution in [3.8, 4) is 11.5 Å². The van der Waals surface area contributed by atoms with Gasteiger partial charge in [0.05, 0.1) is 19.9 Å². The summed E-state index contributed by atoms with van der Waals surface area (Å²) in [6.45, 7) is 2.23. The minimum Gasteiger partial charge on any atom is -0.497 e. The summed E-state index contributed by atoms with van der Waals surface area (Å²) in [6.07, 6.45) is 0. The molecule has 6 nitrogen and oxygen atoms in total. The van der Waals surface area contributed by atoms with Crippen LogP contribution in [0.5, 0.6) is 11.5 Å². The molecule has 2 N–H and O–H groups in total. The number of nitrogens with one attached hydrogen (secondary N) is 2. The smallest absolute Gasteiger partial charge is 0.313 e. The summed E-state index contributed by atoms with van der Waals surface area (Å²) in [7, 11) is 3.00. The summed E-state index contributed by atoms with van der Waals surface area (Å²) >= 11 is 0. The molecule has 6 heteroatoms. The first kappa shape index (κ1) is 17.3. The molecule has 0 aromatic heterocycles. The van der Waals surface area contributed by atoms with Crippen LogP contribution in [0.3, 0.4) is 0 Å². The zero-order valence-electron chi connectivity index (χ0n) is 13.9. The number of methoxy groups -OCH3 is 2. The van der Waals surface area contributed by atoms with Crippen LogP contribution in [-0.4, -0.2) is 26.0 Å². The molecule has 0 aliphatic heterocycles.